The van der Waals surface area contributed by atoms with E-state index in [9.17, 15) is 14.7 Å². The number of aromatic hydroxyl groups is 1. The number of nitrogens with two attached hydrogens (primary N) is 1. The van der Waals surface area contributed by atoms with E-state index in [0.717, 1.165) is 38.2 Å². The first kappa shape index (κ1) is 26.9. The molecule has 4 rings (SSSR count). The largest absolute Gasteiger partial charge is 0.508 e. The van der Waals surface area contributed by atoms with Crippen LogP contribution in [0, 0.1) is 0 Å². The smallest absolute Gasteiger partial charge is 0.262 e. The minimum atomic E-state index is -0.269. The normalized spacial score (nSPS) is 15.9. The van der Waals surface area contributed by atoms with Crippen LogP contribution in [-0.2, 0) is 22.4 Å². The van der Waals surface area contributed by atoms with Crippen molar-refractivity contribution in [3.8, 4) is 11.5 Å². The maximum atomic E-state index is 11.7. The average Bonchev–Trinajstić information content (AvgIpc) is 2.90. The molecule has 8 nitrogen and oxygen atoms in total. The molecule has 0 bridgehead atoms. The quantitative estimate of drug-likeness (QED) is 0.383. The van der Waals surface area contributed by atoms with Crippen LogP contribution in [0.3, 0.4) is 0 Å². The van der Waals surface area contributed by atoms with Gasteiger partial charge in [0.2, 0.25) is 5.91 Å². The van der Waals surface area contributed by atoms with Crippen LogP contribution in [0.5, 0.6) is 11.5 Å². The number of phenols is 1. The number of anilines is 1. The first-order valence-corrected chi connectivity index (χ1v) is 13.5. The molecule has 1 heterocycles. The van der Waals surface area contributed by atoms with Gasteiger partial charge in [0.25, 0.3) is 5.91 Å². The maximum Gasteiger partial charge on any atom is 0.262 e. The molecule has 0 unspecified atom stereocenters. The number of nitrogens with one attached hydrogen (secondary N) is 1. The van der Waals surface area contributed by atoms with Gasteiger partial charge in [-0.15, -0.1) is 0 Å². The third-order valence-electron chi connectivity index (χ3n) is 7.47. The fraction of sp³-hybridized carbons (Fsp3) is 0.517. The number of carbonyl (C=O) groups is 2. The Morgan fingerprint density at radius 3 is 2.54 bits per heavy atom. The van der Waals surface area contributed by atoms with Crippen molar-refractivity contribution in [1.82, 2.24) is 9.80 Å². The Morgan fingerprint density at radius 1 is 1.00 bits per heavy atom. The van der Waals surface area contributed by atoms with Gasteiger partial charge in [0, 0.05) is 56.8 Å². The summed E-state index contributed by atoms with van der Waals surface area (Å²) >= 11 is 0. The predicted molar refractivity (Wildman–Crippen MR) is 145 cm³/mol. The summed E-state index contributed by atoms with van der Waals surface area (Å²) in [5, 5.41) is 13.0. The molecule has 0 radical (unpaired) electrons. The van der Waals surface area contributed by atoms with Crippen LogP contribution >= 0.6 is 0 Å². The molecule has 0 saturated heterocycles. The highest BCUT2D eigenvalue weighted by Gasteiger charge is 2.24. The number of phenolic OH excluding ortho intramolecular Hbond substituents is 1. The topological polar surface area (TPSA) is 108 Å². The van der Waals surface area contributed by atoms with Crippen molar-refractivity contribution in [2.24, 2.45) is 5.73 Å². The summed E-state index contributed by atoms with van der Waals surface area (Å²) in [4.78, 5) is 28.2. The van der Waals surface area contributed by atoms with Crippen LogP contribution in [0.15, 0.2) is 42.5 Å². The lowest BCUT2D eigenvalue weighted by molar-refractivity contribution is -0.119. The number of fused-ring (bicyclic) bond motifs is 1. The number of rotatable bonds is 13. The summed E-state index contributed by atoms with van der Waals surface area (Å²) in [6, 6.07) is 14.2. The van der Waals surface area contributed by atoms with Crippen molar-refractivity contribution >= 4 is 17.5 Å². The summed E-state index contributed by atoms with van der Waals surface area (Å²) in [6.45, 7) is 4.13. The molecule has 0 spiro atoms. The van der Waals surface area contributed by atoms with Gasteiger partial charge in [-0.3, -0.25) is 14.5 Å². The van der Waals surface area contributed by atoms with Crippen molar-refractivity contribution < 1.29 is 19.4 Å². The highest BCUT2D eigenvalue weighted by atomic mass is 16.5. The second-order valence-electron chi connectivity index (χ2n) is 10.2. The average molecular weight is 509 g/mol. The first-order chi connectivity index (χ1) is 18.0. The van der Waals surface area contributed by atoms with Gasteiger partial charge in [-0.1, -0.05) is 49.6 Å². The molecule has 8 heteroatoms. The van der Waals surface area contributed by atoms with Crippen molar-refractivity contribution in [1.29, 1.82) is 0 Å². The van der Waals surface area contributed by atoms with E-state index in [0.29, 0.717) is 36.9 Å². The maximum absolute atomic E-state index is 11.7. The fourth-order valence-electron chi connectivity index (χ4n) is 5.44. The lowest BCUT2D eigenvalue weighted by atomic mass is 9.93. The minimum Gasteiger partial charge on any atom is -0.508 e. The van der Waals surface area contributed by atoms with E-state index in [-0.39, 0.29) is 24.2 Å². The Morgan fingerprint density at radius 2 is 1.78 bits per heavy atom. The van der Waals surface area contributed by atoms with Crippen LogP contribution in [-0.4, -0.2) is 72.1 Å². The lowest BCUT2D eigenvalue weighted by Crippen LogP contribution is -2.44. The number of hydrogen-bond acceptors (Lipinski definition) is 6. The molecule has 200 valence electrons. The van der Waals surface area contributed by atoms with Crippen LogP contribution in [0.2, 0.25) is 0 Å². The molecule has 0 aromatic heterocycles. The van der Waals surface area contributed by atoms with Crippen molar-refractivity contribution in [3.63, 3.8) is 0 Å². The van der Waals surface area contributed by atoms with E-state index in [1.54, 1.807) is 6.07 Å². The fourth-order valence-corrected chi connectivity index (χ4v) is 5.44. The number of carbonyl (C=O) groups excluding carboxylic acids is 2. The zero-order chi connectivity index (χ0) is 26.0. The number of hydrogen-bond donors (Lipinski definition) is 3. The molecule has 1 saturated carbocycles. The van der Waals surface area contributed by atoms with Gasteiger partial charge in [0.15, 0.2) is 6.61 Å². The Labute approximate surface area is 219 Å². The van der Waals surface area contributed by atoms with Crippen molar-refractivity contribution in [2.45, 2.75) is 57.4 Å². The molecule has 2 aromatic rings. The van der Waals surface area contributed by atoms with E-state index in [1.165, 1.54) is 43.7 Å². The van der Waals surface area contributed by atoms with E-state index in [2.05, 4.69) is 39.4 Å². The number of primary amides is 1. The van der Waals surface area contributed by atoms with Gasteiger partial charge in [0.05, 0.1) is 5.69 Å². The second-order valence-corrected chi connectivity index (χ2v) is 10.2. The molecule has 1 aliphatic carbocycles. The summed E-state index contributed by atoms with van der Waals surface area (Å²) in [5.74, 6) is 0.309. The van der Waals surface area contributed by atoms with Gasteiger partial charge >= 0.3 is 0 Å². The third kappa shape index (κ3) is 8.20. The van der Waals surface area contributed by atoms with Gasteiger partial charge in [-0.05, 0) is 37.3 Å². The second kappa shape index (κ2) is 13.4. The number of amides is 2. The van der Waals surface area contributed by atoms with Crippen LogP contribution in [0.1, 0.15) is 49.7 Å². The van der Waals surface area contributed by atoms with Crippen LogP contribution in [0.25, 0.3) is 0 Å². The molecule has 2 aliphatic rings. The van der Waals surface area contributed by atoms with Crippen LogP contribution < -0.4 is 15.8 Å². The van der Waals surface area contributed by atoms with Crippen molar-refractivity contribution in [2.75, 3.05) is 44.6 Å². The first-order valence-electron chi connectivity index (χ1n) is 13.5. The molecular formula is C29H40N4O4. The number of nitrogens with zero attached hydrogens (tertiary/aromatic N) is 2. The molecule has 1 fully saturated rings. The van der Waals surface area contributed by atoms with Gasteiger partial charge < -0.3 is 25.8 Å². The minimum absolute atomic E-state index is 0.00660. The standard InChI is InChI=1S/C29H40N4O4/c30-27(35)13-15-32(14-11-22-7-3-1-4-8-22)17-18-33(24-9-5-2-6-10-24)16-12-23-19-25(34)20-26-29(23)37-21-28(36)31-26/h1,3-4,7-8,19-20,24,34H,2,5-6,9-18,21H2,(H2,30,35)(H,31,36). The van der Waals surface area contributed by atoms with Gasteiger partial charge in [0.1, 0.15) is 11.5 Å². The SMILES string of the molecule is NC(=O)CCN(CCc1ccccc1)CCN(CCc1cc(O)cc2c1OCC(=O)N2)C1CCCCC1. The number of benzene rings is 2. The highest BCUT2D eigenvalue weighted by molar-refractivity contribution is 5.96. The zero-order valence-corrected chi connectivity index (χ0v) is 21.7. The summed E-state index contributed by atoms with van der Waals surface area (Å²) in [6.07, 6.45) is 8.17. The van der Waals surface area contributed by atoms with E-state index < -0.39 is 0 Å². The Kier molecular flexibility index (Phi) is 9.79. The Hall–Kier alpha value is -3.10. The zero-order valence-electron chi connectivity index (χ0n) is 21.7. The van der Waals surface area contributed by atoms with E-state index in [4.69, 9.17) is 10.5 Å². The molecule has 4 N–H and O–H groups in total. The van der Waals surface area contributed by atoms with Gasteiger partial charge in [-0.2, -0.15) is 0 Å². The third-order valence-corrected chi connectivity index (χ3v) is 7.47. The molecule has 1 aliphatic heterocycles. The van der Waals surface area contributed by atoms with E-state index in [1.807, 2.05) is 6.07 Å². The monoisotopic (exact) mass is 508 g/mol. The Balaban J connectivity index is 1.42. The summed E-state index contributed by atoms with van der Waals surface area (Å²) in [7, 11) is 0. The Bertz CT molecular complexity index is 1040. The number of ether oxygens (including phenoxy) is 1. The highest BCUT2D eigenvalue weighted by Crippen LogP contribution is 2.36. The lowest BCUT2D eigenvalue weighted by Gasteiger charge is -2.36. The van der Waals surface area contributed by atoms with E-state index >= 15 is 0 Å². The van der Waals surface area contributed by atoms with Crippen LogP contribution in [0.4, 0.5) is 5.69 Å². The summed E-state index contributed by atoms with van der Waals surface area (Å²) in [5.41, 5.74) is 8.21. The van der Waals surface area contributed by atoms with Crippen molar-refractivity contribution in [3.05, 3.63) is 53.6 Å². The summed E-state index contributed by atoms with van der Waals surface area (Å²) < 4.78 is 5.73. The molecule has 2 amide bonds. The predicted octanol–water partition coefficient (Wildman–Crippen LogP) is 3.32. The molecule has 2 aromatic carbocycles. The van der Waals surface area contributed by atoms with Gasteiger partial charge in [-0.25, -0.2) is 0 Å². The molecule has 37 heavy (non-hydrogen) atoms. The molecular weight excluding hydrogens is 468 g/mol. The molecule has 0 atom stereocenters.